The number of terminal acetylenes is 1. The molecule has 1 aromatic rings. The van der Waals surface area contributed by atoms with E-state index in [2.05, 4.69) is 16.2 Å². The molecule has 0 bridgehead atoms. The summed E-state index contributed by atoms with van der Waals surface area (Å²) in [5.74, 6) is 2.56. The molecule has 5 nitrogen and oxygen atoms in total. The van der Waals surface area contributed by atoms with E-state index in [0.29, 0.717) is 26.1 Å². The molecule has 0 aromatic carbocycles. The highest BCUT2D eigenvalue weighted by molar-refractivity contribution is 5.76. The molecule has 0 aliphatic carbocycles. The zero-order chi connectivity index (χ0) is 11.8. The Morgan fingerprint density at radius 2 is 2.44 bits per heavy atom. The number of amides is 1. The van der Waals surface area contributed by atoms with Crippen LogP contribution in [0.5, 0.6) is 0 Å². The molecule has 0 saturated carbocycles. The Bertz CT molecular complexity index is 353. The van der Waals surface area contributed by atoms with Crippen molar-refractivity contribution in [2.24, 2.45) is 0 Å². The van der Waals surface area contributed by atoms with Gasteiger partial charge in [-0.2, -0.15) is 0 Å². The fourth-order valence-electron chi connectivity index (χ4n) is 1.39. The molecule has 0 aliphatic rings. The summed E-state index contributed by atoms with van der Waals surface area (Å²) in [7, 11) is 0. The van der Waals surface area contributed by atoms with Gasteiger partial charge in [0.1, 0.15) is 0 Å². The molecule has 0 atom stereocenters. The van der Waals surface area contributed by atoms with Gasteiger partial charge >= 0.3 is 0 Å². The summed E-state index contributed by atoms with van der Waals surface area (Å²) in [6.45, 7) is 3.66. The van der Waals surface area contributed by atoms with Crippen LogP contribution in [0.15, 0.2) is 12.4 Å². The molecule has 1 aromatic heterocycles. The van der Waals surface area contributed by atoms with Gasteiger partial charge in [0.15, 0.2) is 0 Å². The van der Waals surface area contributed by atoms with Crippen LogP contribution in [0.1, 0.15) is 19.8 Å². The predicted octanol–water partition coefficient (Wildman–Crippen LogP) is 0.540. The minimum absolute atomic E-state index is 0.0651. The van der Waals surface area contributed by atoms with E-state index in [1.54, 1.807) is 22.0 Å². The van der Waals surface area contributed by atoms with Crippen molar-refractivity contribution >= 4 is 5.91 Å². The van der Waals surface area contributed by atoms with Gasteiger partial charge in [0.05, 0.1) is 19.3 Å². The fraction of sp³-hybridized carbons (Fsp3) is 0.545. The van der Waals surface area contributed by atoms with E-state index >= 15 is 0 Å². The van der Waals surface area contributed by atoms with E-state index < -0.39 is 0 Å². The highest BCUT2D eigenvalue weighted by atomic mass is 16.2. The van der Waals surface area contributed by atoms with E-state index in [-0.39, 0.29) is 5.91 Å². The van der Waals surface area contributed by atoms with Crippen LogP contribution < -0.4 is 0 Å². The van der Waals surface area contributed by atoms with Crippen LogP contribution in [-0.2, 0) is 11.3 Å². The third-order valence-electron chi connectivity index (χ3n) is 2.16. The largest absolute Gasteiger partial charge is 0.332 e. The second-order valence-electron chi connectivity index (χ2n) is 3.44. The molecule has 1 amide bonds. The van der Waals surface area contributed by atoms with Gasteiger partial charge < -0.3 is 4.90 Å². The van der Waals surface area contributed by atoms with Crippen LogP contribution >= 0.6 is 0 Å². The number of rotatable bonds is 6. The van der Waals surface area contributed by atoms with Crippen molar-refractivity contribution in [3.05, 3.63) is 12.4 Å². The van der Waals surface area contributed by atoms with E-state index in [1.165, 1.54) is 0 Å². The lowest BCUT2D eigenvalue weighted by Crippen LogP contribution is -2.32. The van der Waals surface area contributed by atoms with Crippen molar-refractivity contribution in [2.45, 2.75) is 26.3 Å². The van der Waals surface area contributed by atoms with Crippen LogP contribution in [-0.4, -0.2) is 38.9 Å². The first-order valence-corrected chi connectivity index (χ1v) is 5.33. The molecule has 86 valence electrons. The lowest BCUT2D eigenvalue weighted by atomic mass is 10.3. The van der Waals surface area contributed by atoms with E-state index in [4.69, 9.17) is 6.42 Å². The van der Waals surface area contributed by atoms with E-state index in [1.807, 2.05) is 6.92 Å². The Kier molecular flexibility index (Phi) is 5.06. The second-order valence-corrected chi connectivity index (χ2v) is 3.44. The van der Waals surface area contributed by atoms with Gasteiger partial charge in [-0.15, -0.1) is 11.5 Å². The zero-order valence-electron chi connectivity index (χ0n) is 9.46. The minimum atomic E-state index is 0.0651. The number of hydrogen-bond donors (Lipinski definition) is 0. The van der Waals surface area contributed by atoms with Crippen molar-refractivity contribution in [1.82, 2.24) is 19.9 Å². The molecule has 0 spiro atoms. The van der Waals surface area contributed by atoms with Gasteiger partial charge in [-0.3, -0.25) is 9.48 Å². The maximum atomic E-state index is 11.8. The standard InChI is InChI=1S/C11H16N4O/c1-3-7-14(8-4-2)11(16)5-9-15-10-6-12-13-15/h1,6,10H,4-5,7-9H2,2H3. The highest BCUT2D eigenvalue weighted by Crippen LogP contribution is 1.98. The summed E-state index contributed by atoms with van der Waals surface area (Å²) in [4.78, 5) is 13.5. The number of aromatic nitrogens is 3. The van der Waals surface area contributed by atoms with Crippen molar-refractivity contribution in [1.29, 1.82) is 0 Å². The Balaban J connectivity index is 2.40. The minimum Gasteiger partial charge on any atom is -0.332 e. The summed E-state index contributed by atoms with van der Waals surface area (Å²) in [6.07, 6.45) is 9.87. The quantitative estimate of drug-likeness (QED) is 0.657. The van der Waals surface area contributed by atoms with Crippen molar-refractivity contribution in [3.8, 4) is 12.3 Å². The SMILES string of the molecule is C#CCN(CCC)C(=O)CCn1ccnn1. The van der Waals surface area contributed by atoms with Gasteiger partial charge in [0.2, 0.25) is 5.91 Å². The van der Waals surface area contributed by atoms with E-state index in [9.17, 15) is 4.79 Å². The fourth-order valence-corrected chi connectivity index (χ4v) is 1.39. The molecule has 1 heterocycles. The molecule has 1 rings (SSSR count). The molecule has 5 heteroatoms. The maximum Gasteiger partial charge on any atom is 0.225 e. The van der Waals surface area contributed by atoms with Gasteiger partial charge in [0, 0.05) is 19.2 Å². The van der Waals surface area contributed by atoms with Gasteiger partial charge in [-0.1, -0.05) is 18.1 Å². The van der Waals surface area contributed by atoms with Crippen molar-refractivity contribution < 1.29 is 4.79 Å². The summed E-state index contributed by atoms with van der Waals surface area (Å²) < 4.78 is 1.64. The summed E-state index contributed by atoms with van der Waals surface area (Å²) in [5.41, 5.74) is 0. The molecule has 16 heavy (non-hydrogen) atoms. The molecule has 0 radical (unpaired) electrons. The summed E-state index contributed by atoms with van der Waals surface area (Å²) in [6, 6.07) is 0. The number of carbonyl (C=O) groups excluding carboxylic acids is 1. The number of hydrogen-bond acceptors (Lipinski definition) is 3. The molecule has 0 N–H and O–H groups in total. The second kappa shape index (κ2) is 6.62. The van der Waals surface area contributed by atoms with Crippen LogP contribution in [0.2, 0.25) is 0 Å². The third-order valence-corrected chi connectivity index (χ3v) is 2.16. The first kappa shape index (κ1) is 12.2. The Morgan fingerprint density at radius 3 is 3.00 bits per heavy atom. The lowest BCUT2D eigenvalue weighted by molar-refractivity contribution is -0.130. The Hall–Kier alpha value is -1.83. The highest BCUT2D eigenvalue weighted by Gasteiger charge is 2.11. The van der Waals surface area contributed by atoms with Crippen LogP contribution in [0.3, 0.4) is 0 Å². The average Bonchev–Trinajstić information content (AvgIpc) is 2.78. The Labute approximate surface area is 95.4 Å². The number of carbonyl (C=O) groups is 1. The first-order chi connectivity index (χ1) is 7.77. The first-order valence-electron chi connectivity index (χ1n) is 5.33. The third kappa shape index (κ3) is 3.73. The van der Waals surface area contributed by atoms with Gasteiger partial charge in [-0.25, -0.2) is 0 Å². The molecule has 0 aliphatic heterocycles. The summed E-state index contributed by atoms with van der Waals surface area (Å²) >= 11 is 0. The molecular weight excluding hydrogens is 204 g/mol. The summed E-state index contributed by atoms with van der Waals surface area (Å²) in [5, 5.41) is 7.47. The number of nitrogens with zero attached hydrogens (tertiary/aromatic N) is 4. The molecular formula is C11H16N4O. The smallest absolute Gasteiger partial charge is 0.225 e. The monoisotopic (exact) mass is 220 g/mol. The predicted molar refractivity (Wildman–Crippen MR) is 60.3 cm³/mol. The van der Waals surface area contributed by atoms with Crippen molar-refractivity contribution in [2.75, 3.05) is 13.1 Å². The normalized spacial score (nSPS) is 9.75. The van der Waals surface area contributed by atoms with Gasteiger partial charge in [-0.05, 0) is 6.42 Å². The maximum absolute atomic E-state index is 11.8. The lowest BCUT2D eigenvalue weighted by Gasteiger charge is -2.19. The zero-order valence-corrected chi connectivity index (χ0v) is 9.46. The van der Waals surface area contributed by atoms with Crippen LogP contribution in [0, 0.1) is 12.3 Å². The van der Waals surface area contributed by atoms with Gasteiger partial charge in [0.25, 0.3) is 0 Å². The molecule has 0 unspecified atom stereocenters. The Morgan fingerprint density at radius 1 is 1.62 bits per heavy atom. The average molecular weight is 220 g/mol. The van der Waals surface area contributed by atoms with Crippen molar-refractivity contribution in [3.63, 3.8) is 0 Å². The molecule has 0 fully saturated rings. The molecule has 0 saturated heterocycles. The number of aryl methyl sites for hydroxylation is 1. The topological polar surface area (TPSA) is 51.0 Å². The van der Waals surface area contributed by atoms with E-state index in [0.717, 1.165) is 6.42 Å². The van der Waals surface area contributed by atoms with Crippen LogP contribution in [0.4, 0.5) is 0 Å². The van der Waals surface area contributed by atoms with Crippen LogP contribution in [0.25, 0.3) is 0 Å².